The van der Waals surface area contributed by atoms with Gasteiger partial charge in [-0.3, -0.25) is 9.59 Å². The molecule has 0 bridgehead atoms. The summed E-state index contributed by atoms with van der Waals surface area (Å²) in [5.74, 6) is -1.21. The predicted molar refractivity (Wildman–Crippen MR) is 117 cm³/mol. The van der Waals surface area contributed by atoms with E-state index in [0.717, 1.165) is 0 Å². The van der Waals surface area contributed by atoms with Gasteiger partial charge in [0.05, 0.1) is 25.1 Å². The van der Waals surface area contributed by atoms with E-state index in [-0.39, 0.29) is 23.6 Å². The summed E-state index contributed by atoms with van der Waals surface area (Å²) < 4.78 is 7.10. The summed E-state index contributed by atoms with van der Waals surface area (Å²) in [6.45, 7) is 0.906. The van der Waals surface area contributed by atoms with Gasteiger partial charge in [-0.1, -0.05) is 24.3 Å². The Morgan fingerprint density at radius 1 is 1.12 bits per heavy atom. The fourth-order valence-electron chi connectivity index (χ4n) is 3.92. The van der Waals surface area contributed by atoms with Gasteiger partial charge in [0, 0.05) is 31.0 Å². The molecule has 8 heteroatoms. The van der Waals surface area contributed by atoms with Crippen LogP contribution in [0.25, 0.3) is 5.76 Å². The van der Waals surface area contributed by atoms with Crippen LogP contribution < -0.4 is 4.74 Å². The minimum absolute atomic E-state index is 0.00730. The Hall–Kier alpha value is -4.07. The summed E-state index contributed by atoms with van der Waals surface area (Å²) >= 11 is 0. The molecule has 3 aromatic rings. The maximum Gasteiger partial charge on any atom is 0.295 e. The molecule has 1 aliphatic heterocycles. The minimum atomic E-state index is -0.823. The van der Waals surface area contributed by atoms with Crippen molar-refractivity contribution in [2.75, 3.05) is 13.7 Å². The van der Waals surface area contributed by atoms with Crippen molar-refractivity contribution in [2.45, 2.75) is 19.0 Å². The van der Waals surface area contributed by atoms with Gasteiger partial charge in [-0.15, -0.1) is 0 Å². The largest absolute Gasteiger partial charge is 0.508 e. The maximum atomic E-state index is 13.0. The molecule has 164 valence electrons. The number of hydrogen-bond acceptors (Lipinski definition) is 6. The first-order valence-corrected chi connectivity index (χ1v) is 10.2. The zero-order valence-electron chi connectivity index (χ0n) is 17.5. The normalized spacial score (nSPS) is 17.7. The van der Waals surface area contributed by atoms with Gasteiger partial charge < -0.3 is 24.4 Å². The number of carbonyl (C=O) groups excluding carboxylic acids is 2. The van der Waals surface area contributed by atoms with Gasteiger partial charge in [0.25, 0.3) is 11.7 Å². The Labute approximate surface area is 185 Å². The number of aliphatic hydroxyl groups excluding tert-OH is 1. The number of phenolic OH excluding ortho intramolecular Hbond substituents is 1. The van der Waals surface area contributed by atoms with Crippen molar-refractivity contribution < 1.29 is 24.5 Å². The second kappa shape index (κ2) is 8.97. The number of carbonyl (C=O) groups is 2. The van der Waals surface area contributed by atoms with Crippen LogP contribution in [0.15, 0.2) is 72.8 Å². The molecule has 1 atom stereocenters. The summed E-state index contributed by atoms with van der Waals surface area (Å²) in [5, 5.41) is 21.1. The van der Waals surface area contributed by atoms with Crippen molar-refractivity contribution in [3.63, 3.8) is 0 Å². The van der Waals surface area contributed by atoms with Crippen LogP contribution in [0, 0.1) is 0 Å². The van der Waals surface area contributed by atoms with E-state index in [9.17, 15) is 19.8 Å². The van der Waals surface area contributed by atoms with E-state index in [4.69, 9.17) is 4.74 Å². The number of aliphatic hydroxyl groups is 1. The number of nitrogens with zero attached hydrogens (tertiary/aromatic N) is 3. The number of Topliss-reactive ketones (excluding diaryl/α,β-unsaturated/α-hetero) is 1. The maximum absolute atomic E-state index is 13.0. The molecular formula is C24H23N3O5. The number of likely N-dealkylation sites (tertiary alicyclic amines) is 1. The molecule has 1 fully saturated rings. The second-order valence-corrected chi connectivity index (χ2v) is 7.47. The monoisotopic (exact) mass is 433 g/mol. The van der Waals surface area contributed by atoms with Crippen molar-refractivity contribution >= 4 is 17.4 Å². The van der Waals surface area contributed by atoms with E-state index in [0.29, 0.717) is 29.8 Å². The number of aromatic nitrogens is 2. The number of benzene rings is 2. The van der Waals surface area contributed by atoms with Gasteiger partial charge in [-0.2, -0.15) is 0 Å². The first-order chi connectivity index (χ1) is 15.5. The number of aromatic hydroxyl groups is 1. The number of aryl methyl sites for hydroxylation is 1. The number of ketones is 1. The van der Waals surface area contributed by atoms with E-state index in [2.05, 4.69) is 4.98 Å². The number of hydrogen-bond donors (Lipinski definition) is 2. The molecule has 4 rings (SSSR count). The lowest BCUT2D eigenvalue weighted by Gasteiger charge is -2.25. The smallest absolute Gasteiger partial charge is 0.295 e. The fourth-order valence-corrected chi connectivity index (χ4v) is 3.92. The Morgan fingerprint density at radius 3 is 2.66 bits per heavy atom. The van der Waals surface area contributed by atoms with Gasteiger partial charge in [-0.25, -0.2) is 4.98 Å². The third kappa shape index (κ3) is 4.07. The van der Waals surface area contributed by atoms with Crippen molar-refractivity contribution in [3.05, 3.63) is 84.0 Å². The van der Waals surface area contributed by atoms with Gasteiger partial charge in [0.1, 0.15) is 17.3 Å². The Balaban J connectivity index is 1.75. The van der Waals surface area contributed by atoms with E-state index in [1.165, 1.54) is 24.1 Å². The van der Waals surface area contributed by atoms with Crippen LogP contribution in [0.5, 0.6) is 11.5 Å². The van der Waals surface area contributed by atoms with Crippen LogP contribution in [0.2, 0.25) is 0 Å². The fraction of sp³-hybridized carbons (Fsp3) is 0.208. The molecule has 0 radical (unpaired) electrons. The lowest BCUT2D eigenvalue weighted by molar-refractivity contribution is -0.139. The van der Waals surface area contributed by atoms with Crippen molar-refractivity contribution in [2.24, 2.45) is 0 Å². The van der Waals surface area contributed by atoms with Crippen LogP contribution in [0.4, 0.5) is 0 Å². The molecule has 0 aliphatic carbocycles. The summed E-state index contributed by atoms with van der Waals surface area (Å²) in [6, 6.07) is 12.2. The Kier molecular flexibility index (Phi) is 5.93. The number of amides is 1. The first kappa shape index (κ1) is 21.2. The molecule has 1 saturated heterocycles. The average Bonchev–Trinajstić information content (AvgIpc) is 3.41. The highest BCUT2D eigenvalue weighted by Gasteiger charge is 2.45. The first-order valence-electron chi connectivity index (χ1n) is 10.2. The van der Waals surface area contributed by atoms with Gasteiger partial charge in [-0.05, 0) is 36.2 Å². The van der Waals surface area contributed by atoms with E-state index in [1.807, 2.05) is 10.8 Å². The molecule has 2 N–H and O–H groups in total. The molecule has 1 aliphatic rings. The van der Waals surface area contributed by atoms with Crippen LogP contribution in [-0.4, -0.2) is 50.0 Å². The van der Waals surface area contributed by atoms with Gasteiger partial charge >= 0.3 is 0 Å². The molecule has 2 heterocycles. The van der Waals surface area contributed by atoms with Crippen molar-refractivity contribution in [1.82, 2.24) is 14.5 Å². The summed E-state index contributed by atoms with van der Waals surface area (Å²) in [6.07, 6.45) is 5.76. The number of imidazole rings is 1. The predicted octanol–water partition coefficient (Wildman–Crippen LogP) is 3.11. The molecule has 1 unspecified atom stereocenters. The highest BCUT2D eigenvalue weighted by atomic mass is 16.5. The van der Waals surface area contributed by atoms with E-state index >= 15 is 0 Å². The SMILES string of the molecule is COc1cccc(/C(O)=C2\C(=O)C(=O)N(CCCn3ccnc3)C2c2cccc(O)c2)c1. The molecule has 2 aromatic carbocycles. The lowest BCUT2D eigenvalue weighted by atomic mass is 9.95. The number of ether oxygens (including phenoxy) is 1. The van der Waals surface area contributed by atoms with Gasteiger partial charge in [0.2, 0.25) is 0 Å². The average molecular weight is 433 g/mol. The highest BCUT2D eigenvalue weighted by molar-refractivity contribution is 6.46. The zero-order valence-corrected chi connectivity index (χ0v) is 17.5. The molecule has 0 saturated carbocycles. The topological polar surface area (TPSA) is 105 Å². The summed E-state index contributed by atoms with van der Waals surface area (Å²) in [5.41, 5.74) is 0.888. The molecule has 8 nitrogen and oxygen atoms in total. The lowest BCUT2D eigenvalue weighted by Crippen LogP contribution is -2.31. The third-order valence-electron chi connectivity index (χ3n) is 5.44. The Bertz CT molecular complexity index is 1170. The van der Waals surface area contributed by atoms with Crippen LogP contribution >= 0.6 is 0 Å². The van der Waals surface area contributed by atoms with Crippen LogP contribution in [-0.2, 0) is 16.1 Å². The van der Waals surface area contributed by atoms with E-state index in [1.54, 1.807) is 48.9 Å². The summed E-state index contributed by atoms with van der Waals surface area (Å²) in [7, 11) is 1.51. The molecule has 32 heavy (non-hydrogen) atoms. The van der Waals surface area contributed by atoms with Gasteiger partial charge in [0.15, 0.2) is 0 Å². The Morgan fingerprint density at radius 2 is 1.94 bits per heavy atom. The zero-order chi connectivity index (χ0) is 22.7. The van der Waals surface area contributed by atoms with E-state index < -0.39 is 17.7 Å². The number of phenols is 1. The highest BCUT2D eigenvalue weighted by Crippen LogP contribution is 2.40. The second-order valence-electron chi connectivity index (χ2n) is 7.47. The number of rotatable bonds is 7. The summed E-state index contributed by atoms with van der Waals surface area (Å²) in [4.78, 5) is 31.4. The molecule has 1 amide bonds. The van der Waals surface area contributed by atoms with Crippen LogP contribution in [0.3, 0.4) is 0 Å². The minimum Gasteiger partial charge on any atom is -0.508 e. The molecular weight excluding hydrogens is 410 g/mol. The molecule has 0 spiro atoms. The molecule has 1 aromatic heterocycles. The van der Waals surface area contributed by atoms with Crippen molar-refractivity contribution in [1.29, 1.82) is 0 Å². The third-order valence-corrected chi connectivity index (χ3v) is 5.44. The quantitative estimate of drug-likeness (QED) is 0.337. The number of methoxy groups -OCH3 is 1. The standard InChI is InChI=1S/C24H23N3O5/c1-32-19-8-3-6-17(14-19)22(29)20-21(16-5-2-7-18(28)13-16)27(24(31)23(20)30)11-4-10-26-12-9-25-15-26/h2-3,5-9,12-15,21,28-29H,4,10-11H2,1H3/b22-20+. The van der Waals surface area contributed by atoms with Crippen LogP contribution in [0.1, 0.15) is 23.6 Å². The van der Waals surface area contributed by atoms with Crippen molar-refractivity contribution in [3.8, 4) is 11.5 Å².